The van der Waals surface area contributed by atoms with E-state index in [1.165, 1.54) is 6.33 Å². The molecule has 1 fully saturated rings. The van der Waals surface area contributed by atoms with Gasteiger partial charge in [-0.05, 0) is 19.8 Å². The maximum Gasteiger partial charge on any atom is 0.186 e. The molecule has 1 aliphatic heterocycles. The molecular weight excluding hydrogens is 197 g/mol. The SMILES string of the molecule is Cc1ncnc(NC2CCOCC2)c1F. The van der Waals surface area contributed by atoms with Gasteiger partial charge in [0.25, 0.3) is 0 Å². The Hall–Kier alpha value is -1.23. The first-order valence-corrected chi connectivity index (χ1v) is 5.09. The molecule has 0 unspecified atom stereocenters. The molecule has 0 saturated carbocycles. The molecule has 1 aromatic rings. The van der Waals surface area contributed by atoms with Gasteiger partial charge in [-0.3, -0.25) is 0 Å². The van der Waals surface area contributed by atoms with Crippen molar-refractivity contribution in [1.29, 1.82) is 0 Å². The minimum Gasteiger partial charge on any atom is -0.381 e. The van der Waals surface area contributed by atoms with Crippen molar-refractivity contribution in [1.82, 2.24) is 9.97 Å². The second kappa shape index (κ2) is 4.53. The van der Waals surface area contributed by atoms with E-state index >= 15 is 0 Å². The second-order valence-corrected chi connectivity index (χ2v) is 3.65. The van der Waals surface area contributed by atoms with Crippen LogP contribution in [0.15, 0.2) is 6.33 Å². The van der Waals surface area contributed by atoms with Crippen LogP contribution in [0, 0.1) is 12.7 Å². The number of halogens is 1. The van der Waals surface area contributed by atoms with Crippen LogP contribution >= 0.6 is 0 Å². The zero-order valence-electron chi connectivity index (χ0n) is 8.66. The molecule has 0 radical (unpaired) electrons. The van der Waals surface area contributed by atoms with E-state index in [1.807, 2.05) is 0 Å². The number of nitrogens with one attached hydrogen (secondary N) is 1. The fourth-order valence-corrected chi connectivity index (χ4v) is 1.59. The summed E-state index contributed by atoms with van der Waals surface area (Å²) in [4.78, 5) is 7.68. The number of ether oxygens (including phenoxy) is 1. The van der Waals surface area contributed by atoms with Gasteiger partial charge >= 0.3 is 0 Å². The summed E-state index contributed by atoms with van der Waals surface area (Å²) in [5.41, 5.74) is 0.375. The van der Waals surface area contributed by atoms with Crippen LogP contribution in [0.2, 0.25) is 0 Å². The number of aryl methyl sites for hydroxylation is 1. The molecule has 0 atom stereocenters. The predicted octanol–water partition coefficient (Wildman–Crippen LogP) is 1.52. The third kappa shape index (κ3) is 2.41. The predicted molar refractivity (Wildman–Crippen MR) is 54.2 cm³/mol. The van der Waals surface area contributed by atoms with Gasteiger partial charge in [-0.25, -0.2) is 14.4 Å². The largest absolute Gasteiger partial charge is 0.381 e. The Morgan fingerprint density at radius 2 is 2.13 bits per heavy atom. The number of nitrogens with zero attached hydrogens (tertiary/aromatic N) is 2. The van der Waals surface area contributed by atoms with Gasteiger partial charge in [0.05, 0.1) is 5.69 Å². The summed E-state index contributed by atoms with van der Waals surface area (Å²) in [5, 5.41) is 3.08. The molecule has 82 valence electrons. The first-order chi connectivity index (χ1) is 7.27. The maximum atomic E-state index is 13.5. The monoisotopic (exact) mass is 211 g/mol. The Morgan fingerprint density at radius 1 is 1.40 bits per heavy atom. The van der Waals surface area contributed by atoms with E-state index in [0.717, 1.165) is 26.1 Å². The highest BCUT2D eigenvalue weighted by Gasteiger charge is 2.16. The first kappa shape index (κ1) is 10.3. The Balaban J connectivity index is 2.06. The van der Waals surface area contributed by atoms with E-state index in [0.29, 0.717) is 11.5 Å². The van der Waals surface area contributed by atoms with E-state index in [1.54, 1.807) is 6.92 Å². The standard InChI is InChI=1S/C10H14FN3O/c1-7-9(11)10(13-6-12-7)14-8-2-4-15-5-3-8/h6,8H,2-5H2,1H3,(H,12,13,14). The number of aromatic nitrogens is 2. The molecule has 15 heavy (non-hydrogen) atoms. The van der Waals surface area contributed by atoms with Gasteiger partial charge in [0.2, 0.25) is 0 Å². The normalized spacial score (nSPS) is 17.7. The molecule has 5 heteroatoms. The van der Waals surface area contributed by atoms with Crippen LogP contribution < -0.4 is 5.32 Å². The van der Waals surface area contributed by atoms with Crippen LogP contribution in [0.5, 0.6) is 0 Å². The van der Waals surface area contributed by atoms with Gasteiger partial charge < -0.3 is 10.1 Å². The van der Waals surface area contributed by atoms with Gasteiger partial charge in [0.15, 0.2) is 11.6 Å². The molecule has 2 heterocycles. The van der Waals surface area contributed by atoms with Gasteiger partial charge in [0.1, 0.15) is 6.33 Å². The third-order valence-corrected chi connectivity index (χ3v) is 2.53. The fraction of sp³-hybridized carbons (Fsp3) is 0.600. The maximum absolute atomic E-state index is 13.5. The number of hydrogen-bond donors (Lipinski definition) is 1. The summed E-state index contributed by atoms with van der Waals surface area (Å²) < 4.78 is 18.8. The summed E-state index contributed by atoms with van der Waals surface area (Å²) >= 11 is 0. The van der Waals surface area contributed by atoms with E-state index < -0.39 is 0 Å². The lowest BCUT2D eigenvalue weighted by molar-refractivity contribution is 0.0903. The molecule has 1 aliphatic rings. The van der Waals surface area contributed by atoms with Crippen molar-refractivity contribution in [2.24, 2.45) is 0 Å². The van der Waals surface area contributed by atoms with Crippen LogP contribution in [0.4, 0.5) is 10.2 Å². The molecule has 0 bridgehead atoms. The zero-order valence-corrected chi connectivity index (χ0v) is 8.66. The summed E-state index contributed by atoms with van der Waals surface area (Å²) in [5.74, 6) is -0.0570. The average molecular weight is 211 g/mol. The van der Waals surface area contributed by atoms with Gasteiger partial charge in [-0.2, -0.15) is 0 Å². The molecule has 1 aromatic heterocycles. The highest BCUT2D eigenvalue weighted by atomic mass is 19.1. The number of hydrogen-bond acceptors (Lipinski definition) is 4. The molecule has 1 saturated heterocycles. The summed E-state index contributed by atoms with van der Waals surface area (Å²) in [6.07, 6.45) is 3.16. The second-order valence-electron chi connectivity index (χ2n) is 3.65. The molecule has 0 aliphatic carbocycles. The molecule has 4 nitrogen and oxygen atoms in total. The van der Waals surface area contributed by atoms with Gasteiger partial charge in [-0.1, -0.05) is 0 Å². The third-order valence-electron chi connectivity index (χ3n) is 2.53. The van der Waals surface area contributed by atoms with Crippen molar-refractivity contribution >= 4 is 5.82 Å². The molecule has 0 aromatic carbocycles. The molecule has 0 spiro atoms. The first-order valence-electron chi connectivity index (χ1n) is 5.09. The minimum absolute atomic E-state index is 0.252. The van der Waals surface area contributed by atoms with Gasteiger partial charge in [-0.15, -0.1) is 0 Å². The van der Waals surface area contributed by atoms with E-state index in [2.05, 4.69) is 15.3 Å². The molecule has 2 rings (SSSR count). The van der Waals surface area contributed by atoms with Crippen LogP contribution in [-0.2, 0) is 4.74 Å². The molecule has 0 amide bonds. The quantitative estimate of drug-likeness (QED) is 0.805. The molecular formula is C10H14FN3O. The van der Waals surface area contributed by atoms with Crippen molar-refractivity contribution in [2.45, 2.75) is 25.8 Å². The van der Waals surface area contributed by atoms with Crippen molar-refractivity contribution < 1.29 is 9.13 Å². The average Bonchev–Trinajstić information content (AvgIpc) is 2.26. The van der Waals surface area contributed by atoms with E-state index in [9.17, 15) is 4.39 Å². The van der Waals surface area contributed by atoms with E-state index in [4.69, 9.17) is 4.74 Å². The smallest absolute Gasteiger partial charge is 0.186 e. The van der Waals surface area contributed by atoms with Crippen LogP contribution in [-0.4, -0.2) is 29.2 Å². The highest BCUT2D eigenvalue weighted by molar-refractivity contribution is 5.37. The highest BCUT2D eigenvalue weighted by Crippen LogP contribution is 2.16. The summed E-state index contributed by atoms with van der Waals surface area (Å²) in [6, 6.07) is 0.252. The van der Waals surface area contributed by atoms with Gasteiger partial charge in [0, 0.05) is 19.3 Å². The lowest BCUT2D eigenvalue weighted by atomic mass is 10.1. The Morgan fingerprint density at radius 3 is 2.87 bits per heavy atom. The van der Waals surface area contributed by atoms with Crippen molar-refractivity contribution in [3.63, 3.8) is 0 Å². The van der Waals surface area contributed by atoms with E-state index in [-0.39, 0.29) is 11.9 Å². The van der Waals surface area contributed by atoms with Crippen LogP contribution in [0.1, 0.15) is 18.5 Å². The Bertz CT molecular complexity index is 339. The minimum atomic E-state index is -0.357. The number of anilines is 1. The lowest BCUT2D eigenvalue weighted by Gasteiger charge is -2.23. The van der Waals surface area contributed by atoms with Crippen molar-refractivity contribution in [3.05, 3.63) is 17.8 Å². The Labute approximate surface area is 87.9 Å². The van der Waals surface area contributed by atoms with Crippen LogP contribution in [0.3, 0.4) is 0 Å². The zero-order chi connectivity index (χ0) is 10.7. The lowest BCUT2D eigenvalue weighted by Crippen LogP contribution is -2.28. The topological polar surface area (TPSA) is 47.0 Å². The van der Waals surface area contributed by atoms with Crippen molar-refractivity contribution in [3.8, 4) is 0 Å². The summed E-state index contributed by atoms with van der Waals surface area (Å²) in [6.45, 7) is 3.08. The summed E-state index contributed by atoms with van der Waals surface area (Å²) in [7, 11) is 0. The van der Waals surface area contributed by atoms with Crippen molar-refractivity contribution in [2.75, 3.05) is 18.5 Å². The number of rotatable bonds is 2. The Kier molecular flexibility index (Phi) is 3.11. The molecule has 1 N–H and O–H groups in total. The van der Waals surface area contributed by atoms with Crippen LogP contribution in [0.25, 0.3) is 0 Å². The fourth-order valence-electron chi connectivity index (χ4n) is 1.59.